The predicted molar refractivity (Wildman–Crippen MR) is 93.5 cm³/mol. The molecule has 0 aliphatic carbocycles. The summed E-state index contributed by atoms with van der Waals surface area (Å²) < 4.78 is 0.973. The van der Waals surface area contributed by atoms with Gasteiger partial charge in [0.25, 0.3) is 0 Å². The van der Waals surface area contributed by atoms with Gasteiger partial charge in [0, 0.05) is 15.7 Å². The molecular weight excluding hydrogens is 348 g/mol. The third-order valence-corrected chi connectivity index (χ3v) is 4.24. The minimum absolute atomic E-state index is 0.0562. The van der Waals surface area contributed by atoms with E-state index in [1.165, 1.54) is 0 Å². The van der Waals surface area contributed by atoms with Gasteiger partial charge in [-0.1, -0.05) is 58.5 Å². The maximum Gasteiger partial charge on any atom is 0.228 e. The molecule has 0 bridgehead atoms. The predicted octanol–water partition coefficient (Wildman–Crippen LogP) is 3.57. The molecular formula is C16H15BrN2OS. The van der Waals surface area contributed by atoms with E-state index in [9.17, 15) is 4.79 Å². The zero-order valence-electron chi connectivity index (χ0n) is 11.5. The van der Waals surface area contributed by atoms with E-state index in [-0.39, 0.29) is 5.91 Å². The second-order valence-electron chi connectivity index (χ2n) is 4.70. The summed E-state index contributed by atoms with van der Waals surface area (Å²) in [6, 6.07) is 13.1. The summed E-state index contributed by atoms with van der Waals surface area (Å²) in [7, 11) is 0. The molecule has 2 aromatic rings. The van der Waals surface area contributed by atoms with Gasteiger partial charge in [-0.25, -0.2) is 0 Å². The fourth-order valence-corrected chi connectivity index (χ4v) is 2.41. The van der Waals surface area contributed by atoms with Crippen molar-refractivity contribution in [1.82, 2.24) is 0 Å². The molecule has 5 heteroatoms. The van der Waals surface area contributed by atoms with Crippen LogP contribution >= 0.6 is 28.1 Å². The third kappa shape index (κ3) is 4.12. The van der Waals surface area contributed by atoms with Gasteiger partial charge in [0.15, 0.2) is 0 Å². The van der Waals surface area contributed by atoms with E-state index >= 15 is 0 Å². The van der Waals surface area contributed by atoms with Gasteiger partial charge in [0.1, 0.15) is 4.99 Å². The zero-order valence-corrected chi connectivity index (χ0v) is 13.9. The Morgan fingerprint density at radius 1 is 1.24 bits per heavy atom. The van der Waals surface area contributed by atoms with Crippen molar-refractivity contribution in [2.24, 2.45) is 5.73 Å². The van der Waals surface area contributed by atoms with Gasteiger partial charge in [-0.15, -0.1) is 0 Å². The number of amides is 1. The molecule has 0 unspecified atom stereocenters. The smallest absolute Gasteiger partial charge is 0.228 e. The van der Waals surface area contributed by atoms with Crippen LogP contribution in [0.4, 0.5) is 5.69 Å². The van der Waals surface area contributed by atoms with Crippen LogP contribution in [0.2, 0.25) is 0 Å². The monoisotopic (exact) mass is 362 g/mol. The number of benzene rings is 2. The molecule has 3 N–H and O–H groups in total. The molecule has 0 aliphatic rings. The normalized spacial score (nSPS) is 10.2. The quantitative estimate of drug-likeness (QED) is 0.817. The Morgan fingerprint density at radius 3 is 2.52 bits per heavy atom. The number of carbonyl (C=O) groups excluding carboxylic acids is 1. The van der Waals surface area contributed by atoms with Crippen LogP contribution in [-0.4, -0.2) is 10.9 Å². The lowest BCUT2D eigenvalue weighted by Gasteiger charge is -2.10. The van der Waals surface area contributed by atoms with Crippen molar-refractivity contribution in [3.63, 3.8) is 0 Å². The van der Waals surface area contributed by atoms with Crippen LogP contribution in [0.3, 0.4) is 0 Å². The van der Waals surface area contributed by atoms with E-state index in [1.54, 1.807) is 0 Å². The Morgan fingerprint density at radius 2 is 1.90 bits per heavy atom. The van der Waals surface area contributed by atoms with Crippen molar-refractivity contribution >= 4 is 44.7 Å². The number of halogens is 1. The zero-order chi connectivity index (χ0) is 15.4. The lowest BCUT2D eigenvalue weighted by atomic mass is 10.1. The van der Waals surface area contributed by atoms with Crippen molar-refractivity contribution in [1.29, 1.82) is 0 Å². The number of carbonyl (C=O) groups is 1. The molecule has 21 heavy (non-hydrogen) atoms. The Hall–Kier alpha value is -1.72. The van der Waals surface area contributed by atoms with Gasteiger partial charge in [-0.2, -0.15) is 0 Å². The summed E-state index contributed by atoms with van der Waals surface area (Å²) in [4.78, 5) is 12.4. The maximum absolute atomic E-state index is 12.1. The average Bonchev–Trinajstić information content (AvgIpc) is 2.44. The second kappa shape index (κ2) is 6.83. The topological polar surface area (TPSA) is 55.1 Å². The highest BCUT2D eigenvalue weighted by atomic mass is 79.9. The third-order valence-electron chi connectivity index (χ3n) is 3.14. The van der Waals surface area contributed by atoms with Gasteiger partial charge in [-0.3, -0.25) is 4.79 Å². The van der Waals surface area contributed by atoms with E-state index in [0.717, 1.165) is 26.9 Å². The Kier molecular flexibility index (Phi) is 5.09. The van der Waals surface area contributed by atoms with Crippen LogP contribution in [0.25, 0.3) is 0 Å². The molecule has 2 aromatic carbocycles. The van der Waals surface area contributed by atoms with Gasteiger partial charge >= 0.3 is 0 Å². The van der Waals surface area contributed by atoms with Gasteiger partial charge in [-0.05, 0) is 30.2 Å². The van der Waals surface area contributed by atoms with Crippen LogP contribution in [0, 0.1) is 6.92 Å². The highest BCUT2D eigenvalue weighted by Gasteiger charge is 2.08. The number of hydrogen-bond donors (Lipinski definition) is 2. The SMILES string of the molecule is Cc1c(Br)cccc1NC(=O)Cc1ccc(C(N)=S)cc1. The minimum Gasteiger partial charge on any atom is -0.389 e. The van der Waals surface area contributed by atoms with Crippen molar-refractivity contribution in [3.05, 3.63) is 63.6 Å². The summed E-state index contributed by atoms with van der Waals surface area (Å²) in [5.41, 5.74) is 9.09. The highest BCUT2D eigenvalue weighted by molar-refractivity contribution is 9.10. The summed E-state index contributed by atoms with van der Waals surface area (Å²) in [6.45, 7) is 1.96. The van der Waals surface area contributed by atoms with Crippen LogP contribution in [0.1, 0.15) is 16.7 Å². The molecule has 0 saturated carbocycles. The van der Waals surface area contributed by atoms with E-state index in [2.05, 4.69) is 21.2 Å². The van der Waals surface area contributed by atoms with Crippen molar-refractivity contribution < 1.29 is 4.79 Å². The molecule has 0 spiro atoms. The average molecular weight is 363 g/mol. The van der Waals surface area contributed by atoms with E-state index in [4.69, 9.17) is 18.0 Å². The minimum atomic E-state index is -0.0562. The number of nitrogens with two attached hydrogens (primary N) is 1. The van der Waals surface area contributed by atoms with Crippen LogP contribution in [-0.2, 0) is 11.2 Å². The molecule has 0 aromatic heterocycles. The summed E-state index contributed by atoms with van der Waals surface area (Å²) in [5, 5.41) is 2.92. The molecule has 3 nitrogen and oxygen atoms in total. The number of rotatable bonds is 4. The number of thiocarbonyl (C=S) groups is 1. The second-order valence-corrected chi connectivity index (χ2v) is 5.99. The summed E-state index contributed by atoms with van der Waals surface area (Å²) >= 11 is 8.35. The van der Waals surface area contributed by atoms with Crippen molar-refractivity contribution in [2.75, 3.05) is 5.32 Å². The largest absolute Gasteiger partial charge is 0.389 e. The Balaban J connectivity index is 2.04. The van der Waals surface area contributed by atoms with Crippen LogP contribution in [0.5, 0.6) is 0 Å². The molecule has 0 fully saturated rings. The maximum atomic E-state index is 12.1. The van der Waals surface area contributed by atoms with Gasteiger partial charge in [0.2, 0.25) is 5.91 Å². The van der Waals surface area contributed by atoms with Crippen LogP contribution in [0.15, 0.2) is 46.9 Å². The summed E-state index contributed by atoms with van der Waals surface area (Å²) in [6.07, 6.45) is 0.309. The van der Waals surface area contributed by atoms with Gasteiger partial charge in [0.05, 0.1) is 6.42 Å². The van der Waals surface area contributed by atoms with E-state index in [1.807, 2.05) is 49.4 Å². The van der Waals surface area contributed by atoms with Crippen molar-refractivity contribution in [3.8, 4) is 0 Å². The first-order valence-electron chi connectivity index (χ1n) is 6.41. The Bertz CT molecular complexity index is 683. The lowest BCUT2D eigenvalue weighted by molar-refractivity contribution is -0.115. The molecule has 0 heterocycles. The molecule has 1 amide bonds. The van der Waals surface area contributed by atoms with E-state index in [0.29, 0.717) is 11.4 Å². The Labute approximate surface area is 137 Å². The van der Waals surface area contributed by atoms with Gasteiger partial charge < -0.3 is 11.1 Å². The molecule has 0 saturated heterocycles. The number of anilines is 1. The first kappa shape index (κ1) is 15.7. The summed E-state index contributed by atoms with van der Waals surface area (Å²) in [5.74, 6) is -0.0562. The van der Waals surface area contributed by atoms with Crippen molar-refractivity contribution in [2.45, 2.75) is 13.3 Å². The number of hydrogen-bond acceptors (Lipinski definition) is 2. The first-order valence-corrected chi connectivity index (χ1v) is 7.61. The fourth-order valence-electron chi connectivity index (χ4n) is 1.91. The molecule has 2 rings (SSSR count). The van der Waals surface area contributed by atoms with Crippen LogP contribution < -0.4 is 11.1 Å². The molecule has 0 aliphatic heterocycles. The molecule has 108 valence electrons. The molecule has 0 atom stereocenters. The fraction of sp³-hybridized carbons (Fsp3) is 0.125. The van der Waals surface area contributed by atoms with E-state index < -0.39 is 0 Å². The number of nitrogens with one attached hydrogen (secondary N) is 1. The molecule has 0 radical (unpaired) electrons. The standard InChI is InChI=1S/C16H15BrN2OS/c1-10-13(17)3-2-4-14(10)19-15(20)9-11-5-7-12(8-6-11)16(18)21/h2-8H,9H2,1H3,(H2,18,21)(H,19,20). The first-order chi connectivity index (χ1) is 9.97. The lowest BCUT2D eigenvalue weighted by Crippen LogP contribution is -2.15. The highest BCUT2D eigenvalue weighted by Crippen LogP contribution is 2.23.